The lowest BCUT2D eigenvalue weighted by Crippen LogP contribution is -2.14. The van der Waals surface area contributed by atoms with Crippen molar-refractivity contribution in [3.8, 4) is 0 Å². The van der Waals surface area contributed by atoms with Crippen molar-refractivity contribution in [2.24, 2.45) is 0 Å². The average Bonchev–Trinajstić information content (AvgIpc) is 2.71. The first-order valence-corrected chi connectivity index (χ1v) is 11.2. The Kier molecular flexibility index (Phi) is 7.90. The fourth-order valence-corrected chi connectivity index (χ4v) is 4.26. The van der Waals surface area contributed by atoms with E-state index in [0.717, 1.165) is 54.6 Å². The highest BCUT2D eigenvalue weighted by molar-refractivity contribution is 9.10. The molecule has 0 amide bonds. The topological polar surface area (TPSA) is 105 Å². The summed E-state index contributed by atoms with van der Waals surface area (Å²) in [7, 11) is 0. The van der Waals surface area contributed by atoms with Crippen LogP contribution in [0.1, 0.15) is 67.1 Å². The van der Waals surface area contributed by atoms with Gasteiger partial charge in [-0.25, -0.2) is 15.0 Å². The molecule has 0 fully saturated rings. The first kappa shape index (κ1) is 22.3. The third kappa shape index (κ3) is 6.32. The van der Waals surface area contributed by atoms with Crippen LogP contribution in [-0.2, 0) is 22.4 Å². The van der Waals surface area contributed by atoms with E-state index in [1.807, 2.05) is 0 Å². The van der Waals surface area contributed by atoms with Gasteiger partial charge in [0.25, 0.3) is 0 Å². The zero-order valence-corrected chi connectivity index (χ0v) is 18.7. The van der Waals surface area contributed by atoms with Crippen LogP contribution < -0.4 is 5.32 Å². The summed E-state index contributed by atoms with van der Waals surface area (Å²) in [5, 5.41) is 12.5. The third-order valence-electron chi connectivity index (χ3n) is 5.33. The summed E-state index contributed by atoms with van der Waals surface area (Å²) in [5.74, 6) is 0.355. The minimum Gasteiger partial charge on any atom is -0.481 e. The number of carbonyl (C=O) groups is 2. The fourth-order valence-electron chi connectivity index (χ4n) is 3.69. The van der Waals surface area contributed by atoms with Gasteiger partial charge in [0.2, 0.25) is 0 Å². The number of anilines is 1. The molecule has 2 aromatic rings. The van der Waals surface area contributed by atoms with Gasteiger partial charge in [0.05, 0.1) is 12.1 Å². The Morgan fingerprint density at radius 2 is 2.00 bits per heavy atom. The van der Waals surface area contributed by atoms with E-state index in [-0.39, 0.29) is 18.6 Å². The zero-order chi connectivity index (χ0) is 21.5. The molecule has 8 heteroatoms. The maximum atomic E-state index is 12.5. The second-order valence-electron chi connectivity index (χ2n) is 7.76. The molecule has 2 aromatic heterocycles. The van der Waals surface area contributed by atoms with Crippen molar-refractivity contribution < 1.29 is 14.7 Å². The summed E-state index contributed by atoms with van der Waals surface area (Å²) < 4.78 is 1.03. The zero-order valence-electron chi connectivity index (χ0n) is 17.2. The number of fused-ring (bicyclic) bond motifs is 1. The molecule has 7 nitrogen and oxygen atoms in total. The quantitative estimate of drug-likeness (QED) is 0.496. The molecule has 0 radical (unpaired) electrons. The van der Waals surface area contributed by atoms with Crippen LogP contribution >= 0.6 is 15.9 Å². The van der Waals surface area contributed by atoms with Gasteiger partial charge in [0, 0.05) is 42.2 Å². The second-order valence-corrected chi connectivity index (χ2v) is 8.62. The Labute approximate surface area is 184 Å². The Morgan fingerprint density at radius 1 is 1.23 bits per heavy atom. The van der Waals surface area contributed by atoms with Crippen LogP contribution in [0.5, 0.6) is 0 Å². The van der Waals surface area contributed by atoms with Crippen molar-refractivity contribution in [3.63, 3.8) is 0 Å². The molecule has 0 bridgehead atoms. The van der Waals surface area contributed by atoms with Gasteiger partial charge >= 0.3 is 5.97 Å². The molecule has 0 unspecified atom stereocenters. The number of unbranched alkanes of at least 4 members (excludes halogenated alkanes) is 1. The highest BCUT2D eigenvalue weighted by Crippen LogP contribution is 2.27. The molecule has 3 rings (SSSR count). The normalized spacial score (nSPS) is 13.9. The molecule has 0 saturated carbocycles. The van der Waals surface area contributed by atoms with E-state index in [1.54, 1.807) is 19.3 Å². The van der Waals surface area contributed by atoms with Crippen LogP contribution in [0.2, 0.25) is 0 Å². The van der Waals surface area contributed by atoms with Crippen molar-refractivity contribution >= 4 is 33.5 Å². The van der Waals surface area contributed by atoms with E-state index >= 15 is 0 Å². The van der Waals surface area contributed by atoms with Crippen LogP contribution in [0.15, 0.2) is 22.9 Å². The first-order valence-electron chi connectivity index (χ1n) is 10.4. The lowest BCUT2D eigenvalue weighted by atomic mass is 9.91. The molecule has 30 heavy (non-hydrogen) atoms. The summed E-state index contributed by atoms with van der Waals surface area (Å²) in [6.45, 7) is 2.73. The van der Waals surface area contributed by atoms with Gasteiger partial charge in [0.15, 0.2) is 0 Å². The van der Waals surface area contributed by atoms with Gasteiger partial charge < -0.3 is 10.4 Å². The SMILES string of the molecule is Cc1ncc([C@@H](CC(=O)O)CC(=O)CCCCc2nc3c(cc2Br)CCCN3)cn1. The Hall–Kier alpha value is -2.35. The number of ketones is 1. The maximum Gasteiger partial charge on any atom is 0.303 e. The molecule has 2 N–H and O–H groups in total. The van der Waals surface area contributed by atoms with Crippen LogP contribution in [0, 0.1) is 6.92 Å². The number of nitrogens with one attached hydrogen (secondary N) is 1. The Morgan fingerprint density at radius 3 is 2.73 bits per heavy atom. The van der Waals surface area contributed by atoms with E-state index in [2.05, 4.69) is 37.3 Å². The summed E-state index contributed by atoms with van der Waals surface area (Å²) in [6, 6.07) is 2.15. The number of aromatic nitrogens is 3. The monoisotopic (exact) mass is 474 g/mol. The molecular weight excluding hydrogens is 448 g/mol. The first-order chi connectivity index (χ1) is 14.4. The van der Waals surface area contributed by atoms with Gasteiger partial charge in [-0.15, -0.1) is 0 Å². The van der Waals surface area contributed by atoms with E-state index in [0.29, 0.717) is 17.8 Å². The number of Topliss-reactive ketones (excluding diaryl/α,β-unsaturated/α-hetero) is 1. The van der Waals surface area contributed by atoms with Crippen LogP contribution in [-0.4, -0.2) is 38.4 Å². The van der Waals surface area contributed by atoms with E-state index in [4.69, 9.17) is 4.98 Å². The van der Waals surface area contributed by atoms with Gasteiger partial charge in [-0.3, -0.25) is 9.59 Å². The van der Waals surface area contributed by atoms with Crippen molar-refractivity contribution in [1.82, 2.24) is 15.0 Å². The van der Waals surface area contributed by atoms with E-state index < -0.39 is 11.9 Å². The number of rotatable bonds is 10. The number of halogens is 1. The highest BCUT2D eigenvalue weighted by Gasteiger charge is 2.20. The van der Waals surface area contributed by atoms with Gasteiger partial charge in [0.1, 0.15) is 17.4 Å². The van der Waals surface area contributed by atoms with Crippen LogP contribution in [0.3, 0.4) is 0 Å². The number of carbonyl (C=O) groups excluding carboxylic acids is 1. The molecule has 0 aromatic carbocycles. The van der Waals surface area contributed by atoms with Crippen molar-refractivity contribution in [2.45, 2.75) is 64.2 Å². The molecule has 0 saturated heterocycles. The van der Waals surface area contributed by atoms with Crippen LogP contribution in [0.4, 0.5) is 5.82 Å². The van der Waals surface area contributed by atoms with Crippen LogP contribution in [0.25, 0.3) is 0 Å². The predicted molar refractivity (Wildman–Crippen MR) is 118 cm³/mol. The van der Waals surface area contributed by atoms with Crippen molar-refractivity contribution in [3.05, 3.63) is 45.6 Å². The number of nitrogens with zero attached hydrogens (tertiary/aromatic N) is 3. The number of hydrogen-bond acceptors (Lipinski definition) is 6. The second kappa shape index (κ2) is 10.6. The molecular formula is C22H27BrN4O3. The van der Waals surface area contributed by atoms with Crippen molar-refractivity contribution in [2.75, 3.05) is 11.9 Å². The number of carboxylic acid groups (broad SMARTS) is 1. The van der Waals surface area contributed by atoms with E-state index in [1.165, 1.54) is 5.56 Å². The summed E-state index contributed by atoms with van der Waals surface area (Å²) >= 11 is 3.62. The molecule has 160 valence electrons. The lowest BCUT2D eigenvalue weighted by Gasteiger charge is -2.18. The van der Waals surface area contributed by atoms with E-state index in [9.17, 15) is 14.7 Å². The standard InChI is InChI=1S/C22H27BrN4O3/c1-14-25-12-17(13-26-14)16(11-21(29)30)9-18(28)6-2-3-7-20-19(23)10-15-5-4-8-24-22(15)27-20/h10,12-13,16H,2-9,11H2,1H3,(H,24,27)(H,29,30)/t16-/m1/s1. The molecule has 0 aliphatic carbocycles. The summed E-state index contributed by atoms with van der Waals surface area (Å²) in [4.78, 5) is 36.7. The minimum absolute atomic E-state index is 0.0703. The summed E-state index contributed by atoms with van der Waals surface area (Å²) in [6.07, 6.45) is 8.35. The predicted octanol–water partition coefficient (Wildman–Crippen LogP) is 4.23. The van der Waals surface area contributed by atoms with Gasteiger partial charge in [-0.1, -0.05) is 0 Å². The largest absolute Gasteiger partial charge is 0.481 e. The summed E-state index contributed by atoms with van der Waals surface area (Å²) in [5.41, 5.74) is 2.96. The maximum absolute atomic E-state index is 12.5. The number of aliphatic carboxylic acids is 1. The lowest BCUT2D eigenvalue weighted by molar-refractivity contribution is -0.137. The fraction of sp³-hybridized carbons (Fsp3) is 0.500. The van der Waals surface area contributed by atoms with Gasteiger partial charge in [-0.2, -0.15) is 0 Å². The van der Waals surface area contributed by atoms with Crippen molar-refractivity contribution in [1.29, 1.82) is 0 Å². The molecule has 1 atom stereocenters. The Balaban J connectivity index is 1.50. The minimum atomic E-state index is -0.926. The average molecular weight is 475 g/mol. The molecule has 1 aliphatic heterocycles. The number of carboxylic acids is 1. The number of aryl methyl sites for hydroxylation is 3. The molecule has 3 heterocycles. The number of pyridine rings is 1. The number of hydrogen-bond donors (Lipinski definition) is 2. The smallest absolute Gasteiger partial charge is 0.303 e. The molecule has 0 spiro atoms. The highest BCUT2D eigenvalue weighted by atomic mass is 79.9. The Bertz CT molecular complexity index is 902. The third-order valence-corrected chi connectivity index (χ3v) is 6.02. The molecule has 1 aliphatic rings. The van der Waals surface area contributed by atoms with Gasteiger partial charge in [-0.05, 0) is 72.2 Å².